The van der Waals surface area contributed by atoms with Gasteiger partial charge in [-0.1, -0.05) is 12.5 Å². The van der Waals surface area contributed by atoms with Gasteiger partial charge in [0, 0.05) is 24.2 Å². The van der Waals surface area contributed by atoms with Crippen LogP contribution in [0, 0.1) is 0 Å². The Balaban J connectivity index is 1.90. The van der Waals surface area contributed by atoms with Crippen LogP contribution in [0.4, 0.5) is 0 Å². The van der Waals surface area contributed by atoms with Gasteiger partial charge in [-0.3, -0.25) is 0 Å². The molecule has 1 heterocycles. The van der Waals surface area contributed by atoms with Crippen molar-refractivity contribution in [1.82, 2.24) is 10.3 Å². The second kappa shape index (κ2) is 4.71. The van der Waals surface area contributed by atoms with E-state index in [2.05, 4.69) is 23.3 Å². The van der Waals surface area contributed by atoms with Gasteiger partial charge in [-0.25, -0.2) is 4.98 Å². The van der Waals surface area contributed by atoms with E-state index < -0.39 is 0 Å². The van der Waals surface area contributed by atoms with Gasteiger partial charge in [0.2, 0.25) is 0 Å². The van der Waals surface area contributed by atoms with Gasteiger partial charge >= 0.3 is 0 Å². The van der Waals surface area contributed by atoms with Crippen molar-refractivity contribution in [3.05, 3.63) is 22.2 Å². The van der Waals surface area contributed by atoms with Crippen molar-refractivity contribution in [2.45, 2.75) is 32.2 Å². The molecule has 0 amide bonds. The Morgan fingerprint density at radius 3 is 3.14 bits per heavy atom. The summed E-state index contributed by atoms with van der Waals surface area (Å²) in [6.45, 7) is 3.23. The third kappa shape index (κ3) is 2.93. The van der Waals surface area contributed by atoms with Crippen LogP contribution >= 0.6 is 11.3 Å². The molecule has 1 fully saturated rings. The van der Waals surface area contributed by atoms with Crippen molar-refractivity contribution in [1.29, 1.82) is 0 Å². The maximum absolute atomic E-state index is 4.26. The number of rotatable bonds is 5. The van der Waals surface area contributed by atoms with Crippen molar-refractivity contribution >= 4 is 17.4 Å². The van der Waals surface area contributed by atoms with E-state index >= 15 is 0 Å². The highest BCUT2D eigenvalue weighted by molar-refractivity contribution is 7.10. The first kappa shape index (κ1) is 9.87. The fourth-order valence-electron chi connectivity index (χ4n) is 1.32. The van der Waals surface area contributed by atoms with Crippen LogP contribution in [-0.2, 0) is 0 Å². The number of aromatic nitrogens is 1. The molecule has 1 aliphatic carbocycles. The number of nitrogens with zero attached hydrogens (tertiary/aromatic N) is 1. The topological polar surface area (TPSA) is 24.9 Å². The van der Waals surface area contributed by atoms with Crippen molar-refractivity contribution in [2.75, 3.05) is 6.54 Å². The fourth-order valence-corrected chi connectivity index (χ4v) is 1.94. The number of nitrogens with one attached hydrogen (secondary N) is 1. The molecule has 1 saturated carbocycles. The lowest BCUT2D eigenvalue weighted by molar-refractivity contribution is 0.723. The molecule has 76 valence electrons. The zero-order valence-electron chi connectivity index (χ0n) is 8.49. The zero-order chi connectivity index (χ0) is 9.80. The van der Waals surface area contributed by atoms with Crippen LogP contribution in [0.25, 0.3) is 6.08 Å². The molecule has 1 N–H and O–H groups in total. The summed E-state index contributed by atoms with van der Waals surface area (Å²) in [5, 5.41) is 6.67. The smallest absolute Gasteiger partial charge is 0.115 e. The third-order valence-electron chi connectivity index (χ3n) is 2.43. The molecule has 1 aliphatic rings. The number of hydrogen-bond donors (Lipinski definition) is 1. The summed E-state index contributed by atoms with van der Waals surface area (Å²) < 4.78 is 0. The van der Waals surface area contributed by atoms with Crippen molar-refractivity contribution in [3.63, 3.8) is 0 Å². The lowest BCUT2D eigenvalue weighted by atomic mass is 10.2. The molecule has 0 spiro atoms. The van der Waals surface area contributed by atoms with E-state index in [-0.39, 0.29) is 0 Å². The van der Waals surface area contributed by atoms with Crippen LogP contribution in [0.2, 0.25) is 0 Å². The van der Waals surface area contributed by atoms with Crippen LogP contribution in [0.15, 0.2) is 17.2 Å². The molecule has 2 nitrogen and oxygen atoms in total. The van der Waals surface area contributed by atoms with Gasteiger partial charge in [0.1, 0.15) is 5.01 Å². The van der Waals surface area contributed by atoms with Crippen LogP contribution in [0.3, 0.4) is 0 Å². The van der Waals surface area contributed by atoms with Gasteiger partial charge in [-0.2, -0.15) is 0 Å². The van der Waals surface area contributed by atoms with Crippen LogP contribution < -0.4 is 5.32 Å². The minimum absolute atomic E-state index is 0.793. The van der Waals surface area contributed by atoms with E-state index in [4.69, 9.17) is 0 Å². The summed E-state index contributed by atoms with van der Waals surface area (Å²) in [5.74, 6) is 0. The molecule has 0 bridgehead atoms. The molecule has 0 aliphatic heterocycles. The molecule has 2 rings (SSSR count). The number of hydrogen-bond acceptors (Lipinski definition) is 3. The quantitative estimate of drug-likeness (QED) is 0.804. The minimum atomic E-state index is 0.793. The average molecular weight is 208 g/mol. The summed E-state index contributed by atoms with van der Waals surface area (Å²) in [7, 11) is 0. The number of thiazole rings is 1. The molecule has 1 aromatic rings. The maximum Gasteiger partial charge on any atom is 0.115 e. The predicted octanol–water partition coefficient (Wildman–Crippen LogP) is 2.69. The Morgan fingerprint density at radius 2 is 2.57 bits per heavy atom. The van der Waals surface area contributed by atoms with Gasteiger partial charge in [-0.15, -0.1) is 11.3 Å². The second-order valence-electron chi connectivity index (χ2n) is 3.68. The summed E-state index contributed by atoms with van der Waals surface area (Å²) in [5.41, 5.74) is 1.45. The summed E-state index contributed by atoms with van der Waals surface area (Å²) in [6, 6.07) is 0.793. The first-order valence-electron chi connectivity index (χ1n) is 5.21. The predicted molar refractivity (Wildman–Crippen MR) is 61.4 cm³/mol. The van der Waals surface area contributed by atoms with Gasteiger partial charge < -0.3 is 5.32 Å². The molecular formula is C11H16N2S. The Hall–Kier alpha value is -0.670. The highest BCUT2D eigenvalue weighted by atomic mass is 32.1. The average Bonchev–Trinajstić information content (AvgIpc) is 2.90. The SMILES string of the molecule is CC/C(=C/c1nccs1)CNC1CC1. The van der Waals surface area contributed by atoms with E-state index in [9.17, 15) is 0 Å². The van der Waals surface area contributed by atoms with Crippen LogP contribution in [-0.4, -0.2) is 17.6 Å². The molecule has 0 unspecified atom stereocenters. The van der Waals surface area contributed by atoms with E-state index in [1.807, 2.05) is 11.6 Å². The Labute approximate surface area is 89.1 Å². The van der Waals surface area contributed by atoms with Crippen molar-refractivity contribution in [3.8, 4) is 0 Å². The first-order chi connectivity index (χ1) is 6.88. The summed E-state index contributed by atoms with van der Waals surface area (Å²) in [4.78, 5) is 4.26. The molecule has 0 radical (unpaired) electrons. The molecule has 0 aromatic carbocycles. The Bertz CT molecular complexity index is 299. The molecule has 0 atom stereocenters. The van der Waals surface area contributed by atoms with Crippen molar-refractivity contribution in [2.24, 2.45) is 0 Å². The van der Waals surface area contributed by atoms with Gasteiger partial charge in [-0.05, 0) is 25.3 Å². The van der Waals surface area contributed by atoms with Gasteiger partial charge in [0.25, 0.3) is 0 Å². The molecule has 1 aromatic heterocycles. The molecular weight excluding hydrogens is 192 g/mol. The van der Waals surface area contributed by atoms with E-state index in [1.54, 1.807) is 11.3 Å². The van der Waals surface area contributed by atoms with E-state index in [1.165, 1.54) is 18.4 Å². The Kier molecular flexibility index (Phi) is 3.32. The van der Waals surface area contributed by atoms with Crippen LogP contribution in [0.1, 0.15) is 31.2 Å². The molecule has 0 saturated heterocycles. The van der Waals surface area contributed by atoms with Gasteiger partial charge in [0.15, 0.2) is 0 Å². The molecule has 14 heavy (non-hydrogen) atoms. The second-order valence-corrected chi connectivity index (χ2v) is 4.61. The third-order valence-corrected chi connectivity index (χ3v) is 3.15. The van der Waals surface area contributed by atoms with E-state index in [0.717, 1.165) is 24.0 Å². The largest absolute Gasteiger partial charge is 0.310 e. The highest BCUT2D eigenvalue weighted by Crippen LogP contribution is 2.19. The fraction of sp³-hybridized carbons (Fsp3) is 0.545. The minimum Gasteiger partial charge on any atom is -0.310 e. The lowest BCUT2D eigenvalue weighted by Crippen LogP contribution is -2.18. The zero-order valence-corrected chi connectivity index (χ0v) is 9.31. The maximum atomic E-state index is 4.26. The standard InChI is InChI=1S/C11H16N2S/c1-2-9(8-13-10-3-4-10)7-11-12-5-6-14-11/h5-7,10,13H,2-4,8H2,1H3/b9-7-. The van der Waals surface area contributed by atoms with Gasteiger partial charge in [0.05, 0.1) is 0 Å². The monoisotopic (exact) mass is 208 g/mol. The first-order valence-corrected chi connectivity index (χ1v) is 6.08. The lowest BCUT2D eigenvalue weighted by Gasteiger charge is -2.04. The highest BCUT2D eigenvalue weighted by Gasteiger charge is 2.19. The normalized spacial score (nSPS) is 17.4. The summed E-state index contributed by atoms with van der Waals surface area (Å²) in [6.07, 6.45) is 7.89. The Morgan fingerprint density at radius 1 is 1.71 bits per heavy atom. The van der Waals surface area contributed by atoms with Crippen molar-refractivity contribution < 1.29 is 0 Å². The summed E-state index contributed by atoms with van der Waals surface area (Å²) >= 11 is 1.70. The van der Waals surface area contributed by atoms with E-state index in [0.29, 0.717) is 0 Å². The molecule has 3 heteroatoms. The van der Waals surface area contributed by atoms with Crippen LogP contribution in [0.5, 0.6) is 0 Å².